The third-order valence-electron chi connectivity index (χ3n) is 3.73. The van der Waals surface area contributed by atoms with Crippen LogP contribution in [0.25, 0.3) is 0 Å². The van der Waals surface area contributed by atoms with Crippen molar-refractivity contribution in [1.29, 1.82) is 0 Å². The van der Waals surface area contributed by atoms with Crippen molar-refractivity contribution in [3.8, 4) is 0 Å². The van der Waals surface area contributed by atoms with E-state index in [0.29, 0.717) is 25.2 Å². The van der Waals surface area contributed by atoms with Crippen molar-refractivity contribution in [3.05, 3.63) is 34.1 Å². The first-order valence-corrected chi connectivity index (χ1v) is 6.87. The van der Waals surface area contributed by atoms with Gasteiger partial charge in [-0.05, 0) is 31.2 Å². The van der Waals surface area contributed by atoms with Crippen molar-refractivity contribution in [2.45, 2.75) is 25.7 Å². The average molecular weight is 296 g/mol. The lowest BCUT2D eigenvalue weighted by Crippen LogP contribution is -2.35. The van der Waals surface area contributed by atoms with Crippen molar-refractivity contribution in [2.75, 3.05) is 18.0 Å². The molecule has 1 aliphatic rings. The number of halogens is 1. The number of nitrogens with zero attached hydrogens (tertiary/aromatic N) is 2. The Labute approximate surface area is 121 Å². The summed E-state index contributed by atoms with van der Waals surface area (Å²) in [5, 5.41) is 19.5. The minimum atomic E-state index is -0.825. The number of nitro groups is 1. The molecule has 2 rings (SSSR count). The second-order valence-corrected chi connectivity index (χ2v) is 5.31. The molecule has 0 bridgehead atoms. The van der Waals surface area contributed by atoms with Gasteiger partial charge in [0.25, 0.3) is 5.69 Å². The number of carbonyl (C=O) groups is 1. The highest BCUT2D eigenvalue weighted by atomic mass is 19.1. The van der Waals surface area contributed by atoms with Gasteiger partial charge in [0, 0.05) is 31.3 Å². The molecule has 6 nitrogen and oxygen atoms in total. The van der Waals surface area contributed by atoms with Gasteiger partial charge in [-0.25, -0.2) is 4.39 Å². The van der Waals surface area contributed by atoms with Gasteiger partial charge in [0.2, 0.25) is 0 Å². The number of non-ortho nitro benzene ring substituents is 1. The number of aliphatic carboxylic acids is 1. The molecule has 1 saturated heterocycles. The normalized spacial score (nSPS) is 18.5. The number of benzene rings is 1. The summed E-state index contributed by atoms with van der Waals surface area (Å²) in [6, 6.07) is 3.55. The number of anilines is 1. The highest BCUT2D eigenvalue weighted by molar-refractivity contribution is 5.66. The van der Waals surface area contributed by atoms with Gasteiger partial charge in [-0.15, -0.1) is 0 Å². The van der Waals surface area contributed by atoms with E-state index in [1.165, 1.54) is 12.1 Å². The van der Waals surface area contributed by atoms with E-state index in [0.717, 1.165) is 18.9 Å². The van der Waals surface area contributed by atoms with Crippen LogP contribution < -0.4 is 4.90 Å². The van der Waals surface area contributed by atoms with E-state index in [9.17, 15) is 19.3 Å². The predicted octanol–water partition coefficient (Wildman–Crippen LogP) is 2.82. The minimum Gasteiger partial charge on any atom is -0.481 e. The second-order valence-electron chi connectivity index (χ2n) is 5.31. The zero-order chi connectivity index (χ0) is 15.4. The molecule has 1 aromatic carbocycles. The van der Waals surface area contributed by atoms with Crippen LogP contribution in [0.1, 0.15) is 25.7 Å². The van der Waals surface area contributed by atoms with Crippen LogP contribution in [0.5, 0.6) is 0 Å². The van der Waals surface area contributed by atoms with Gasteiger partial charge in [-0.1, -0.05) is 0 Å². The van der Waals surface area contributed by atoms with Crippen molar-refractivity contribution in [2.24, 2.45) is 5.92 Å². The first kappa shape index (κ1) is 15.2. The Morgan fingerprint density at radius 2 is 2.24 bits per heavy atom. The van der Waals surface area contributed by atoms with Crippen LogP contribution in [0.4, 0.5) is 15.8 Å². The summed E-state index contributed by atoms with van der Waals surface area (Å²) >= 11 is 0. The predicted molar refractivity (Wildman–Crippen MR) is 74.9 cm³/mol. The summed E-state index contributed by atoms with van der Waals surface area (Å²) < 4.78 is 13.5. The molecular weight excluding hydrogens is 279 g/mol. The second kappa shape index (κ2) is 6.51. The van der Waals surface area contributed by atoms with Gasteiger partial charge in [0.15, 0.2) is 0 Å². The van der Waals surface area contributed by atoms with Crippen LogP contribution in [0, 0.1) is 21.8 Å². The average Bonchev–Trinajstić information content (AvgIpc) is 2.44. The highest BCUT2D eigenvalue weighted by Crippen LogP contribution is 2.29. The number of hydrogen-bond donors (Lipinski definition) is 1. The number of hydrogen-bond acceptors (Lipinski definition) is 4. The fourth-order valence-corrected chi connectivity index (χ4v) is 2.71. The smallest absolute Gasteiger partial charge is 0.303 e. The molecule has 114 valence electrons. The summed E-state index contributed by atoms with van der Waals surface area (Å²) in [4.78, 5) is 22.7. The van der Waals surface area contributed by atoms with Crippen molar-refractivity contribution < 1.29 is 19.2 Å². The summed E-state index contributed by atoms with van der Waals surface area (Å²) in [6.07, 6.45) is 2.49. The first-order chi connectivity index (χ1) is 9.95. The molecule has 0 spiro atoms. The third kappa shape index (κ3) is 4.14. The van der Waals surface area contributed by atoms with Gasteiger partial charge in [0.1, 0.15) is 5.82 Å². The Kier molecular flexibility index (Phi) is 4.72. The quantitative estimate of drug-likeness (QED) is 0.667. The van der Waals surface area contributed by atoms with E-state index in [4.69, 9.17) is 5.11 Å². The number of nitro benzene ring substituents is 1. The number of carboxylic acids is 1. The SMILES string of the molecule is O=C(O)CCC1CCCN(c2cc(F)cc([N+](=O)[O-])c2)C1. The van der Waals surface area contributed by atoms with Crippen LogP contribution in [-0.2, 0) is 4.79 Å². The van der Waals surface area contributed by atoms with Crippen molar-refractivity contribution in [1.82, 2.24) is 0 Å². The maximum Gasteiger partial charge on any atom is 0.303 e. The first-order valence-electron chi connectivity index (χ1n) is 6.87. The summed E-state index contributed by atoms with van der Waals surface area (Å²) in [5.74, 6) is -1.24. The van der Waals surface area contributed by atoms with Crippen LogP contribution in [0.15, 0.2) is 18.2 Å². The molecule has 7 heteroatoms. The van der Waals surface area contributed by atoms with Crippen LogP contribution in [-0.4, -0.2) is 29.1 Å². The van der Waals surface area contributed by atoms with Gasteiger partial charge in [-0.3, -0.25) is 14.9 Å². The topological polar surface area (TPSA) is 83.7 Å². The molecule has 1 fully saturated rings. The molecule has 0 aromatic heterocycles. The summed E-state index contributed by atoms with van der Waals surface area (Å²) in [6.45, 7) is 1.30. The molecule has 1 unspecified atom stereocenters. The zero-order valence-electron chi connectivity index (χ0n) is 11.5. The monoisotopic (exact) mass is 296 g/mol. The van der Waals surface area contributed by atoms with Crippen molar-refractivity contribution >= 4 is 17.3 Å². The molecule has 1 atom stereocenters. The Hall–Kier alpha value is -2.18. The Bertz CT molecular complexity index is 550. The largest absolute Gasteiger partial charge is 0.481 e. The van der Waals surface area contributed by atoms with Gasteiger partial charge >= 0.3 is 5.97 Å². The van der Waals surface area contributed by atoms with E-state index in [-0.39, 0.29) is 18.0 Å². The summed E-state index contributed by atoms with van der Waals surface area (Å²) in [7, 11) is 0. The maximum atomic E-state index is 13.5. The lowest BCUT2D eigenvalue weighted by atomic mass is 9.93. The van der Waals surface area contributed by atoms with Crippen LogP contribution in [0.2, 0.25) is 0 Å². The molecule has 21 heavy (non-hydrogen) atoms. The lowest BCUT2D eigenvalue weighted by Gasteiger charge is -2.34. The van der Waals surface area contributed by atoms with Crippen LogP contribution in [0.3, 0.4) is 0 Å². The number of piperidine rings is 1. The Morgan fingerprint density at radius 3 is 2.90 bits per heavy atom. The van der Waals surface area contributed by atoms with Gasteiger partial charge in [0.05, 0.1) is 11.0 Å². The Balaban J connectivity index is 2.10. The van der Waals surface area contributed by atoms with E-state index < -0.39 is 16.7 Å². The fraction of sp³-hybridized carbons (Fsp3) is 0.500. The third-order valence-corrected chi connectivity index (χ3v) is 3.73. The molecule has 0 saturated carbocycles. The minimum absolute atomic E-state index is 0.113. The fourth-order valence-electron chi connectivity index (χ4n) is 2.71. The van der Waals surface area contributed by atoms with Crippen molar-refractivity contribution in [3.63, 3.8) is 0 Å². The molecule has 1 aromatic rings. The number of carboxylic acid groups (broad SMARTS) is 1. The standard InChI is InChI=1S/C14H17FN2O4/c15-11-6-12(8-13(7-11)17(20)21)16-5-1-2-10(9-16)3-4-14(18)19/h6-8,10H,1-5,9H2,(H,18,19). The van der Waals surface area contributed by atoms with Crippen LogP contribution >= 0.6 is 0 Å². The molecule has 0 amide bonds. The Morgan fingerprint density at radius 1 is 1.48 bits per heavy atom. The molecule has 1 heterocycles. The molecule has 0 radical (unpaired) electrons. The molecule has 1 aliphatic heterocycles. The van der Waals surface area contributed by atoms with E-state index >= 15 is 0 Å². The number of rotatable bonds is 5. The maximum absolute atomic E-state index is 13.5. The molecule has 1 N–H and O–H groups in total. The van der Waals surface area contributed by atoms with Gasteiger partial charge < -0.3 is 10.0 Å². The van der Waals surface area contributed by atoms with E-state index in [1.54, 1.807) is 0 Å². The zero-order valence-corrected chi connectivity index (χ0v) is 11.5. The molecule has 0 aliphatic carbocycles. The highest BCUT2D eigenvalue weighted by Gasteiger charge is 2.22. The van der Waals surface area contributed by atoms with Gasteiger partial charge in [-0.2, -0.15) is 0 Å². The lowest BCUT2D eigenvalue weighted by molar-refractivity contribution is -0.385. The van der Waals surface area contributed by atoms with E-state index in [2.05, 4.69) is 0 Å². The molecular formula is C14H17FN2O4. The van der Waals surface area contributed by atoms with E-state index in [1.807, 2.05) is 4.90 Å². The summed E-state index contributed by atoms with van der Waals surface area (Å²) in [5.41, 5.74) is 0.222.